The summed E-state index contributed by atoms with van der Waals surface area (Å²) in [5.41, 5.74) is -1.39. The second-order valence-corrected chi connectivity index (χ2v) is 4.47. The Balaban J connectivity index is 2.05. The van der Waals surface area contributed by atoms with Gasteiger partial charge < -0.3 is 4.84 Å². The predicted molar refractivity (Wildman–Crippen MR) is 71.1 cm³/mol. The fraction of sp³-hybridized carbons (Fsp3) is 0.133. The van der Waals surface area contributed by atoms with E-state index in [4.69, 9.17) is 4.84 Å². The summed E-state index contributed by atoms with van der Waals surface area (Å²) in [6.45, 7) is 0. The lowest BCUT2D eigenvalue weighted by Crippen LogP contribution is -2.04. The van der Waals surface area contributed by atoms with Gasteiger partial charge in [-0.05, 0) is 35.9 Å². The average molecular weight is 333 g/mol. The monoisotopic (exact) mass is 333 g/mol. The second-order valence-electron chi connectivity index (χ2n) is 4.47. The first kappa shape index (κ1) is 16.9. The molecule has 2 rings (SSSR count). The highest BCUT2D eigenvalue weighted by atomic mass is 19.4. The van der Waals surface area contributed by atoms with Gasteiger partial charge in [-0.3, -0.25) is 0 Å². The zero-order valence-electron chi connectivity index (χ0n) is 11.3. The molecule has 23 heavy (non-hydrogen) atoms. The lowest BCUT2D eigenvalue weighted by atomic mass is 10.1. The van der Waals surface area contributed by atoms with Gasteiger partial charge in [-0.15, -0.1) is 0 Å². The number of benzene rings is 2. The molecule has 0 spiro atoms. The Bertz CT molecular complexity index is 688. The maximum atomic E-state index is 12.5. The van der Waals surface area contributed by atoms with Crippen molar-refractivity contribution in [2.75, 3.05) is 0 Å². The van der Waals surface area contributed by atoms with Gasteiger partial charge in [0.15, 0.2) is 5.75 Å². The summed E-state index contributed by atoms with van der Waals surface area (Å²) in [7, 11) is 0. The summed E-state index contributed by atoms with van der Waals surface area (Å²) < 4.78 is 74.6. The van der Waals surface area contributed by atoms with E-state index in [0.717, 1.165) is 36.5 Å². The van der Waals surface area contributed by atoms with Crippen molar-refractivity contribution in [1.29, 1.82) is 0 Å². The third-order valence-corrected chi connectivity index (χ3v) is 2.76. The molecule has 0 saturated heterocycles. The minimum absolute atomic E-state index is 0.136. The summed E-state index contributed by atoms with van der Waals surface area (Å²) in [5, 5.41) is 3.45. The van der Waals surface area contributed by atoms with Crippen molar-refractivity contribution in [3.63, 3.8) is 0 Å². The molecule has 0 unspecified atom stereocenters. The first-order valence-electron chi connectivity index (χ1n) is 6.21. The molecular formula is C15H9F6NO. The molecule has 0 bridgehead atoms. The van der Waals surface area contributed by atoms with Crippen molar-refractivity contribution < 1.29 is 31.2 Å². The van der Waals surface area contributed by atoms with Crippen LogP contribution < -0.4 is 4.84 Å². The first-order chi connectivity index (χ1) is 10.7. The fourth-order valence-electron chi connectivity index (χ4n) is 1.64. The van der Waals surface area contributed by atoms with E-state index in [0.29, 0.717) is 5.56 Å². The molecule has 0 aliphatic rings. The maximum Gasteiger partial charge on any atom is 0.416 e. The third kappa shape index (κ3) is 4.73. The van der Waals surface area contributed by atoms with Crippen molar-refractivity contribution in [3.05, 3.63) is 65.2 Å². The molecule has 122 valence electrons. The second kappa shape index (κ2) is 6.31. The number of hydrogen-bond donors (Lipinski definition) is 0. The van der Waals surface area contributed by atoms with Gasteiger partial charge in [0.25, 0.3) is 0 Å². The summed E-state index contributed by atoms with van der Waals surface area (Å²) >= 11 is 0. The van der Waals surface area contributed by atoms with Crippen LogP contribution in [0, 0.1) is 0 Å². The molecule has 0 saturated carbocycles. The molecule has 2 nitrogen and oxygen atoms in total. The predicted octanol–water partition coefficient (Wildman–Crippen LogP) is 5.14. The quantitative estimate of drug-likeness (QED) is 0.433. The average Bonchev–Trinajstić information content (AvgIpc) is 2.46. The van der Waals surface area contributed by atoms with Crippen LogP contribution in [0.25, 0.3) is 0 Å². The Morgan fingerprint density at radius 3 is 1.96 bits per heavy atom. The van der Waals surface area contributed by atoms with E-state index in [1.807, 2.05) is 0 Å². The largest absolute Gasteiger partial charge is 0.416 e. The van der Waals surface area contributed by atoms with Gasteiger partial charge in [0, 0.05) is 0 Å². The maximum absolute atomic E-state index is 12.5. The Kier molecular flexibility index (Phi) is 4.63. The van der Waals surface area contributed by atoms with Gasteiger partial charge in [0.1, 0.15) is 0 Å². The van der Waals surface area contributed by atoms with E-state index in [2.05, 4.69) is 5.16 Å². The van der Waals surface area contributed by atoms with Crippen LogP contribution in [0.15, 0.2) is 53.7 Å². The molecular weight excluding hydrogens is 324 g/mol. The Morgan fingerprint density at radius 2 is 1.39 bits per heavy atom. The Hall–Kier alpha value is -2.51. The third-order valence-electron chi connectivity index (χ3n) is 2.76. The molecule has 0 amide bonds. The fourth-order valence-corrected chi connectivity index (χ4v) is 1.64. The number of rotatable bonds is 3. The highest BCUT2D eigenvalue weighted by Gasteiger charge is 2.31. The van der Waals surface area contributed by atoms with E-state index in [9.17, 15) is 26.3 Å². The van der Waals surface area contributed by atoms with E-state index in [-0.39, 0.29) is 5.75 Å². The topological polar surface area (TPSA) is 21.6 Å². The van der Waals surface area contributed by atoms with E-state index >= 15 is 0 Å². The molecule has 0 heterocycles. The molecule has 0 aliphatic carbocycles. The number of halogens is 6. The molecule has 2 aromatic rings. The van der Waals surface area contributed by atoms with Crippen LogP contribution in [-0.4, -0.2) is 6.21 Å². The van der Waals surface area contributed by atoms with Crippen molar-refractivity contribution in [2.24, 2.45) is 5.16 Å². The molecule has 2 aromatic carbocycles. The van der Waals surface area contributed by atoms with Gasteiger partial charge in [-0.1, -0.05) is 23.4 Å². The van der Waals surface area contributed by atoms with Gasteiger partial charge >= 0.3 is 12.4 Å². The van der Waals surface area contributed by atoms with Crippen LogP contribution in [0.3, 0.4) is 0 Å². The zero-order chi connectivity index (χ0) is 17.1. The Labute approximate surface area is 127 Å². The normalized spacial score (nSPS) is 12.6. The van der Waals surface area contributed by atoms with Crippen LogP contribution in [0.4, 0.5) is 26.3 Å². The lowest BCUT2D eigenvalue weighted by molar-refractivity contribution is -0.138. The molecule has 0 radical (unpaired) electrons. The SMILES string of the molecule is FC(F)(F)c1ccc(/C=N/Oc2cccc(C(F)(F)F)c2)cc1. The number of nitrogens with zero attached hydrogens (tertiary/aromatic N) is 1. The van der Waals surface area contributed by atoms with Gasteiger partial charge in [0.05, 0.1) is 17.3 Å². The standard InChI is InChI=1S/C15H9F6NO/c16-14(17,18)11-6-4-10(5-7-11)9-22-23-13-3-1-2-12(8-13)15(19,20)21/h1-9H/b22-9+. The van der Waals surface area contributed by atoms with Crippen molar-refractivity contribution in [3.8, 4) is 5.75 Å². The molecule has 0 N–H and O–H groups in total. The van der Waals surface area contributed by atoms with Crippen LogP contribution >= 0.6 is 0 Å². The van der Waals surface area contributed by atoms with Gasteiger partial charge in [0.2, 0.25) is 0 Å². The smallest absolute Gasteiger partial charge is 0.357 e. The lowest BCUT2D eigenvalue weighted by Gasteiger charge is -2.07. The summed E-state index contributed by atoms with van der Waals surface area (Å²) in [4.78, 5) is 4.79. The summed E-state index contributed by atoms with van der Waals surface area (Å²) in [6.07, 6.45) is -7.85. The number of hydrogen-bond acceptors (Lipinski definition) is 2. The number of oxime groups is 1. The molecule has 0 aliphatic heterocycles. The van der Waals surface area contributed by atoms with Crippen LogP contribution in [0.5, 0.6) is 5.75 Å². The summed E-state index contributed by atoms with van der Waals surface area (Å²) in [6, 6.07) is 8.16. The highest BCUT2D eigenvalue weighted by Crippen LogP contribution is 2.31. The van der Waals surface area contributed by atoms with Gasteiger partial charge in [-0.25, -0.2) is 0 Å². The number of alkyl halides is 6. The molecule has 0 fully saturated rings. The van der Waals surface area contributed by atoms with Crippen LogP contribution in [0.1, 0.15) is 16.7 Å². The molecule has 8 heteroatoms. The van der Waals surface area contributed by atoms with Crippen LogP contribution in [-0.2, 0) is 12.4 Å². The van der Waals surface area contributed by atoms with Gasteiger partial charge in [-0.2, -0.15) is 26.3 Å². The zero-order valence-corrected chi connectivity index (χ0v) is 11.3. The minimum atomic E-state index is -4.50. The molecule has 0 atom stereocenters. The van der Waals surface area contributed by atoms with Crippen molar-refractivity contribution in [2.45, 2.75) is 12.4 Å². The highest BCUT2D eigenvalue weighted by molar-refractivity contribution is 5.79. The minimum Gasteiger partial charge on any atom is -0.357 e. The van der Waals surface area contributed by atoms with E-state index in [1.165, 1.54) is 18.2 Å². The Morgan fingerprint density at radius 1 is 0.783 bits per heavy atom. The molecule has 0 aromatic heterocycles. The summed E-state index contributed by atoms with van der Waals surface area (Å²) in [5.74, 6) is -0.136. The van der Waals surface area contributed by atoms with Crippen LogP contribution in [0.2, 0.25) is 0 Å². The van der Waals surface area contributed by atoms with Crippen molar-refractivity contribution in [1.82, 2.24) is 0 Å². The first-order valence-corrected chi connectivity index (χ1v) is 6.21. The van der Waals surface area contributed by atoms with E-state index in [1.54, 1.807) is 0 Å². The van der Waals surface area contributed by atoms with Crippen molar-refractivity contribution >= 4 is 6.21 Å². The van der Waals surface area contributed by atoms with E-state index < -0.39 is 23.5 Å².